The van der Waals surface area contributed by atoms with Gasteiger partial charge in [-0.05, 0) is 25.0 Å². The summed E-state index contributed by atoms with van der Waals surface area (Å²) < 4.78 is 0. The summed E-state index contributed by atoms with van der Waals surface area (Å²) in [6.45, 7) is 5.99. The highest BCUT2D eigenvalue weighted by atomic mass is 127. The Balaban J connectivity index is 0.00000264. The van der Waals surface area contributed by atoms with E-state index in [0.29, 0.717) is 0 Å². The molecule has 0 saturated carbocycles. The number of aliphatic imine (C=N–C) groups is 1. The van der Waals surface area contributed by atoms with Gasteiger partial charge < -0.3 is 10.6 Å². The summed E-state index contributed by atoms with van der Waals surface area (Å²) in [4.78, 5) is 11.6. The van der Waals surface area contributed by atoms with Crippen LogP contribution >= 0.6 is 46.7 Å². The first kappa shape index (κ1) is 20.4. The lowest BCUT2D eigenvalue weighted by atomic mass is 10.3. The van der Waals surface area contributed by atoms with E-state index >= 15 is 0 Å². The second-order valence-corrected chi connectivity index (χ2v) is 7.11. The minimum absolute atomic E-state index is 0. The molecular formula is C16H25IN4S2. The predicted molar refractivity (Wildman–Crippen MR) is 113 cm³/mol. The maximum atomic E-state index is 4.58. The van der Waals surface area contributed by atoms with Crippen molar-refractivity contribution >= 4 is 52.6 Å². The number of nitrogens with one attached hydrogen (secondary N) is 2. The van der Waals surface area contributed by atoms with Gasteiger partial charge >= 0.3 is 0 Å². The molecule has 2 heterocycles. The number of rotatable bonds is 7. The molecule has 0 aliphatic carbocycles. The summed E-state index contributed by atoms with van der Waals surface area (Å²) in [5.74, 6) is 0.845. The normalized spacial score (nSPS) is 11.2. The van der Waals surface area contributed by atoms with Gasteiger partial charge in [-0.25, -0.2) is 4.98 Å². The highest BCUT2D eigenvalue weighted by Crippen LogP contribution is 2.16. The van der Waals surface area contributed by atoms with Crippen LogP contribution in [0.25, 0.3) is 0 Å². The van der Waals surface area contributed by atoms with Gasteiger partial charge in [-0.1, -0.05) is 13.8 Å². The Hall–Kier alpha value is -0.670. The summed E-state index contributed by atoms with van der Waals surface area (Å²) in [7, 11) is 1.80. The number of nitrogens with zero attached hydrogens (tertiary/aromatic N) is 2. The zero-order valence-corrected chi connectivity index (χ0v) is 17.9. The number of aryl methyl sites for hydroxylation is 2. The molecule has 0 radical (unpaired) electrons. The van der Waals surface area contributed by atoms with Crippen molar-refractivity contribution in [1.82, 2.24) is 15.6 Å². The number of hydrogen-bond donors (Lipinski definition) is 2. The molecule has 128 valence electrons. The van der Waals surface area contributed by atoms with Gasteiger partial charge in [0.05, 0.1) is 17.2 Å². The van der Waals surface area contributed by atoms with Crippen LogP contribution in [0.3, 0.4) is 0 Å². The van der Waals surface area contributed by atoms with Crippen LogP contribution in [-0.2, 0) is 25.8 Å². The number of halogens is 1. The van der Waals surface area contributed by atoms with E-state index in [1.807, 2.05) is 11.3 Å². The van der Waals surface area contributed by atoms with Crippen LogP contribution in [0.5, 0.6) is 0 Å². The van der Waals surface area contributed by atoms with Crippen molar-refractivity contribution in [3.63, 3.8) is 0 Å². The van der Waals surface area contributed by atoms with E-state index in [1.165, 1.54) is 14.8 Å². The van der Waals surface area contributed by atoms with Crippen LogP contribution in [0.1, 0.15) is 34.3 Å². The molecule has 4 nitrogen and oxygen atoms in total. The Morgan fingerprint density at radius 3 is 2.57 bits per heavy atom. The van der Waals surface area contributed by atoms with E-state index in [1.54, 1.807) is 18.4 Å². The average Bonchev–Trinajstić information content (AvgIpc) is 3.19. The zero-order chi connectivity index (χ0) is 15.8. The summed E-state index contributed by atoms with van der Waals surface area (Å²) in [6, 6.07) is 4.39. The van der Waals surface area contributed by atoms with Gasteiger partial charge in [0.15, 0.2) is 5.96 Å². The Morgan fingerprint density at radius 1 is 1.17 bits per heavy atom. The van der Waals surface area contributed by atoms with Crippen molar-refractivity contribution in [2.24, 2.45) is 4.99 Å². The molecule has 0 bridgehead atoms. The smallest absolute Gasteiger partial charge is 0.191 e. The van der Waals surface area contributed by atoms with Crippen LogP contribution in [0, 0.1) is 0 Å². The highest BCUT2D eigenvalue weighted by Gasteiger charge is 2.03. The quantitative estimate of drug-likeness (QED) is 0.372. The molecule has 0 fully saturated rings. The number of thiophene rings is 1. The van der Waals surface area contributed by atoms with Crippen molar-refractivity contribution in [1.29, 1.82) is 0 Å². The highest BCUT2D eigenvalue weighted by molar-refractivity contribution is 14.0. The number of thiazole rings is 1. The van der Waals surface area contributed by atoms with Crippen LogP contribution in [0.2, 0.25) is 0 Å². The summed E-state index contributed by atoms with van der Waals surface area (Å²) in [5.41, 5.74) is 1.16. The molecular weight excluding hydrogens is 439 g/mol. The van der Waals surface area contributed by atoms with Crippen molar-refractivity contribution < 1.29 is 0 Å². The van der Waals surface area contributed by atoms with E-state index < -0.39 is 0 Å². The summed E-state index contributed by atoms with van der Waals surface area (Å²) in [6.07, 6.45) is 3.04. The van der Waals surface area contributed by atoms with Gasteiger partial charge in [0.25, 0.3) is 0 Å². The van der Waals surface area contributed by atoms with Crippen molar-refractivity contribution in [3.05, 3.63) is 38.0 Å². The Labute approximate surface area is 163 Å². The molecule has 0 saturated heterocycles. The minimum atomic E-state index is 0. The van der Waals surface area contributed by atoms with E-state index in [9.17, 15) is 0 Å². The van der Waals surface area contributed by atoms with Crippen LogP contribution < -0.4 is 10.6 Å². The van der Waals surface area contributed by atoms with E-state index in [4.69, 9.17) is 0 Å². The molecule has 0 aliphatic heterocycles. The maximum absolute atomic E-state index is 4.58. The third-order valence-electron chi connectivity index (χ3n) is 3.29. The molecule has 2 aromatic rings. The lowest BCUT2D eigenvalue weighted by Gasteiger charge is -2.10. The third kappa shape index (κ3) is 6.76. The van der Waals surface area contributed by atoms with E-state index in [2.05, 4.69) is 52.0 Å². The molecule has 0 aromatic carbocycles. The molecule has 2 N–H and O–H groups in total. The third-order valence-corrected chi connectivity index (χ3v) is 5.57. The van der Waals surface area contributed by atoms with Crippen LogP contribution in [0.15, 0.2) is 22.5 Å². The molecule has 2 aromatic heterocycles. The largest absolute Gasteiger partial charge is 0.356 e. The number of hydrogen-bond acceptors (Lipinski definition) is 4. The topological polar surface area (TPSA) is 49.3 Å². The Bertz CT molecular complexity index is 607. The van der Waals surface area contributed by atoms with Crippen molar-refractivity contribution in [2.45, 2.75) is 39.7 Å². The first-order valence-electron chi connectivity index (χ1n) is 7.70. The first-order valence-corrected chi connectivity index (χ1v) is 9.40. The predicted octanol–water partition coefficient (Wildman–Crippen LogP) is 3.86. The van der Waals surface area contributed by atoms with E-state index in [0.717, 1.165) is 44.0 Å². The van der Waals surface area contributed by atoms with Gasteiger partial charge in [-0.3, -0.25) is 4.99 Å². The minimum Gasteiger partial charge on any atom is -0.356 e. The molecule has 0 amide bonds. The van der Waals surface area contributed by atoms with Crippen molar-refractivity contribution in [3.8, 4) is 0 Å². The molecule has 7 heteroatoms. The Morgan fingerprint density at radius 2 is 1.96 bits per heavy atom. The molecule has 0 unspecified atom stereocenters. The fourth-order valence-corrected chi connectivity index (χ4v) is 3.71. The van der Waals surface area contributed by atoms with Gasteiger partial charge in [-0.2, -0.15) is 0 Å². The number of guanidine groups is 1. The summed E-state index contributed by atoms with van der Waals surface area (Å²) >= 11 is 3.60. The second-order valence-electron chi connectivity index (χ2n) is 4.91. The number of aromatic nitrogens is 1. The van der Waals surface area contributed by atoms with Crippen LogP contribution in [0.4, 0.5) is 0 Å². The zero-order valence-electron chi connectivity index (χ0n) is 13.9. The first-order chi connectivity index (χ1) is 10.7. The summed E-state index contributed by atoms with van der Waals surface area (Å²) in [5, 5.41) is 10.1. The fourth-order valence-electron chi connectivity index (χ4n) is 2.03. The Kier molecular flexibility index (Phi) is 9.73. The van der Waals surface area contributed by atoms with Gasteiger partial charge in [-0.15, -0.1) is 46.7 Å². The second kappa shape index (κ2) is 11.0. The SMILES string of the molecule is CCc1ccc(CNC(=NC)NCCc2csc(CC)n2)s1.I. The molecule has 2 rings (SSSR count). The lowest BCUT2D eigenvalue weighted by Crippen LogP contribution is -2.37. The lowest BCUT2D eigenvalue weighted by molar-refractivity contribution is 0.788. The van der Waals surface area contributed by atoms with Gasteiger partial charge in [0.1, 0.15) is 0 Å². The van der Waals surface area contributed by atoms with Crippen molar-refractivity contribution in [2.75, 3.05) is 13.6 Å². The monoisotopic (exact) mass is 464 g/mol. The molecule has 0 atom stereocenters. The maximum Gasteiger partial charge on any atom is 0.191 e. The van der Waals surface area contributed by atoms with Gasteiger partial charge in [0.2, 0.25) is 0 Å². The fraction of sp³-hybridized carbons (Fsp3) is 0.500. The van der Waals surface area contributed by atoms with Crippen LogP contribution in [-0.4, -0.2) is 24.5 Å². The molecule has 23 heavy (non-hydrogen) atoms. The van der Waals surface area contributed by atoms with E-state index in [-0.39, 0.29) is 24.0 Å². The average molecular weight is 464 g/mol. The standard InChI is InChI=1S/C16H24N4S2.HI/c1-4-13-6-7-14(22-13)10-19-16(17-3)18-9-8-12-11-21-15(5-2)20-12;/h6-7,11H,4-5,8-10H2,1-3H3,(H2,17,18,19);1H. The molecule has 0 spiro atoms. The molecule has 0 aliphatic rings. The van der Waals surface area contributed by atoms with Gasteiger partial charge in [0, 0.05) is 35.1 Å².